The van der Waals surface area contributed by atoms with Gasteiger partial charge >= 0.3 is 0 Å². The number of aliphatic hydroxyl groups is 1. The molecule has 1 aromatic carbocycles. The normalized spacial score (nSPS) is 16.8. The van der Waals surface area contributed by atoms with Crippen LogP contribution < -0.4 is 4.74 Å². The van der Waals surface area contributed by atoms with Gasteiger partial charge in [0.05, 0.1) is 13.7 Å². The summed E-state index contributed by atoms with van der Waals surface area (Å²) in [5.74, 6) is 0.885. The van der Waals surface area contributed by atoms with Gasteiger partial charge in [0.1, 0.15) is 5.75 Å². The number of aliphatic hydroxyl groups excluding tert-OH is 1. The van der Waals surface area contributed by atoms with E-state index in [1.165, 1.54) is 0 Å². The number of rotatable bonds is 5. The third kappa shape index (κ3) is 3.69. The molecule has 1 aliphatic rings. The van der Waals surface area contributed by atoms with Crippen molar-refractivity contribution < 1.29 is 14.6 Å². The van der Waals surface area contributed by atoms with Crippen molar-refractivity contribution in [1.82, 2.24) is 4.90 Å². The fraction of sp³-hybridized carbons (Fsp3) is 0.600. The van der Waals surface area contributed by atoms with E-state index in [1.807, 2.05) is 18.2 Å². The van der Waals surface area contributed by atoms with Gasteiger partial charge in [0, 0.05) is 31.4 Å². The van der Waals surface area contributed by atoms with Crippen molar-refractivity contribution in [1.29, 1.82) is 0 Å². The maximum Gasteiger partial charge on any atom is 0.123 e. The number of hydrogen-bond donors (Lipinski definition) is 1. The summed E-state index contributed by atoms with van der Waals surface area (Å²) in [5, 5.41) is 9.24. The molecule has 0 saturated carbocycles. The first-order valence-corrected chi connectivity index (χ1v) is 6.79. The van der Waals surface area contributed by atoms with Crippen LogP contribution >= 0.6 is 0 Å². The van der Waals surface area contributed by atoms with E-state index >= 15 is 0 Å². The first-order valence-electron chi connectivity index (χ1n) is 6.79. The van der Waals surface area contributed by atoms with Gasteiger partial charge in [-0.05, 0) is 37.6 Å². The molecule has 1 N–H and O–H groups in total. The zero-order valence-corrected chi connectivity index (χ0v) is 11.8. The Morgan fingerprint density at radius 1 is 1.37 bits per heavy atom. The van der Waals surface area contributed by atoms with Gasteiger partial charge < -0.3 is 14.6 Å². The van der Waals surface area contributed by atoms with E-state index in [9.17, 15) is 5.11 Å². The van der Waals surface area contributed by atoms with Crippen LogP contribution in [0.15, 0.2) is 18.2 Å². The standard InChI is InChI=1S/C15H23NO3/c1-16(14-5-7-19-8-6-14)10-13-9-12(11-17)3-4-15(13)18-2/h3-4,9,14,17H,5-8,10-11H2,1-2H3. The lowest BCUT2D eigenvalue weighted by Gasteiger charge is -2.31. The van der Waals surface area contributed by atoms with Crippen molar-refractivity contribution in [2.75, 3.05) is 27.4 Å². The molecule has 0 aliphatic carbocycles. The third-order valence-corrected chi connectivity index (χ3v) is 3.76. The molecule has 0 spiro atoms. The Hall–Kier alpha value is -1.10. The average Bonchev–Trinajstić information content (AvgIpc) is 2.48. The molecule has 1 heterocycles. The van der Waals surface area contributed by atoms with Crippen LogP contribution in [0, 0.1) is 0 Å². The lowest BCUT2D eigenvalue weighted by atomic mass is 10.1. The minimum atomic E-state index is 0.0674. The highest BCUT2D eigenvalue weighted by atomic mass is 16.5. The van der Waals surface area contributed by atoms with Crippen LogP contribution in [-0.4, -0.2) is 43.4 Å². The van der Waals surface area contributed by atoms with E-state index in [1.54, 1.807) is 7.11 Å². The van der Waals surface area contributed by atoms with Crippen LogP contribution in [0.5, 0.6) is 5.75 Å². The molecule has 1 aromatic rings. The average molecular weight is 265 g/mol. The summed E-state index contributed by atoms with van der Waals surface area (Å²) in [5.41, 5.74) is 2.05. The Balaban J connectivity index is 2.07. The number of methoxy groups -OCH3 is 1. The van der Waals surface area contributed by atoms with Gasteiger partial charge in [-0.25, -0.2) is 0 Å². The van der Waals surface area contributed by atoms with Crippen LogP contribution in [0.3, 0.4) is 0 Å². The van der Waals surface area contributed by atoms with Gasteiger partial charge in [-0.15, -0.1) is 0 Å². The predicted molar refractivity (Wildman–Crippen MR) is 74.2 cm³/mol. The molecule has 2 rings (SSSR count). The highest BCUT2D eigenvalue weighted by Crippen LogP contribution is 2.23. The van der Waals surface area contributed by atoms with Crippen molar-refractivity contribution in [3.05, 3.63) is 29.3 Å². The largest absolute Gasteiger partial charge is 0.496 e. The Labute approximate surface area is 114 Å². The summed E-state index contributed by atoms with van der Waals surface area (Å²) < 4.78 is 10.8. The second-order valence-electron chi connectivity index (χ2n) is 5.06. The Morgan fingerprint density at radius 2 is 2.11 bits per heavy atom. The van der Waals surface area contributed by atoms with E-state index in [-0.39, 0.29) is 6.61 Å². The number of ether oxygens (including phenoxy) is 2. The molecule has 0 amide bonds. The van der Waals surface area contributed by atoms with Crippen molar-refractivity contribution >= 4 is 0 Å². The minimum absolute atomic E-state index is 0.0674. The van der Waals surface area contributed by atoms with Crippen molar-refractivity contribution in [2.45, 2.75) is 32.0 Å². The van der Waals surface area contributed by atoms with Gasteiger partial charge in [0.15, 0.2) is 0 Å². The highest BCUT2D eigenvalue weighted by molar-refractivity contribution is 5.37. The quantitative estimate of drug-likeness (QED) is 0.881. The summed E-state index contributed by atoms with van der Waals surface area (Å²) in [6.07, 6.45) is 2.16. The predicted octanol–water partition coefficient (Wildman–Crippen LogP) is 1.80. The van der Waals surface area contributed by atoms with Gasteiger partial charge in [-0.1, -0.05) is 6.07 Å². The zero-order valence-electron chi connectivity index (χ0n) is 11.8. The highest BCUT2D eigenvalue weighted by Gasteiger charge is 2.19. The van der Waals surface area contributed by atoms with Gasteiger partial charge in [0.25, 0.3) is 0 Å². The molecular weight excluding hydrogens is 242 g/mol. The van der Waals surface area contributed by atoms with E-state index in [0.29, 0.717) is 6.04 Å². The van der Waals surface area contributed by atoms with Gasteiger partial charge in [-0.3, -0.25) is 4.90 Å². The Bertz CT molecular complexity index is 402. The third-order valence-electron chi connectivity index (χ3n) is 3.76. The molecule has 1 fully saturated rings. The molecule has 1 saturated heterocycles. The minimum Gasteiger partial charge on any atom is -0.496 e. The summed E-state index contributed by atoms with van der Waals surface area (Å²) >= 11 is 0. The Morgan fingerprint density at radius 3 is 2.74 bits per heavy atom. The number of benzene rings is 1. The molecule has 4 heteroatoms. The zero-order chi connectivity index (χ0) is 13.7. The molecule has 0 bridgehead atoms. The van der Waals surface area contributed by atoms with E-state index in [0.717, 1.165) is 49.5 Å². The monoisotopic (exact) mass is 265 g/mol. The van der Waals surface area contributed by atoms with E-state index in [4.69, 9.17) is 9.47 Å². The van der Waals surface area contributed by atoms with Crippen LogP contribution in [0.2, 0.25) is 0 Å². The molecule has 0 atom stereocenters. The van der Waals surface area contributed by atoms with Crippen LogP contribution in [0.4, 0.5) is 0 Å². The molecule has 106 valence electrons. The van der Waals surface area contributed by atoms with Crippen LogP contribution in [0.25, 0.3) is 0 Å². The fourth-order valence-corrected chi connectivity index (χ4v) is 2.58. The van der Waals surface area contributed by atoms with Gasteiger partial charge in [0.2, 0.25) is 0 Å². The SMILES string of the molecule is COc1ccc(CO)cc1CN(C)C1CCOCC1. The first kappa shape index (κ1) is 14.3. The van der Waals surface area contributed by atoms with Crippen molar-refractivity contribution in [2.24, 2.45) is 0 Å². The Kier molecular flexibility index (Phi) is 5.19. The molecule has 4 nitrogen and oxygen atoms in total. The molecule has 0 aromatic heterocycles. The topological polar surface area (TPSA) is 41.9 Å². The van der Waals surface area contributed by atoms with Gasteiger partial charge in [-0.2, -0.15) is 0 Å². The van der Waals surface area contributed by atoms with Crippen LogP contribution in [-0.2, 0) is 17.9 Å². The van der Waals surface area contributed by atoms with Crippen LogP contribution in [0.1, 0.15) is 24.0 Å². The summed E-state index contributed by atoms with van der Waals surface area (Å²) in [6.45, 7) is 2.60. The lowest BCUT2D eigenvalue weighted by molar-refractivity contribution is 0.0405. The molecule has 19 heavy (non-hydrogen) atoms. The molecular formula is C15H23NO3. The molecule has 1 aliphatic heterocycles. The lowest BCUT2D eigenvalue weighted by Crippen LogP contribution is -2.36. The van der Waals surface area contributed by atoms with E-state index in [2.05, 4.69) is 11.9 Å². The smallest absolute Gasteiger partial charge is 0.123 e. The summed E-state index contributed by atoms with van der Waals surface area (Å²) in [6, 6.07) is 6.42. The fourth-order valence-electron chi connectivity index (χ4n) is 2.58. The van der Waals surface area contributed by atoms with Crippen molar-refractivity contribution in [3.8, 4) is 5.75 Å². The maximum absolute atomic E-state index is 9.24. The summed E-state index contributed by atoms with van der Waals surface area (Å²) in [4.78, 5) is 2.35. The molecule has 0 radical (unpaired) electrons. The van der Waals surface area contributed by atoms with E-state index < -0.39 is 0 Å². The molecule has 0 unspecified atom stereocenters. The number of nitrogens with zero attached hydrogens (tertiary/aromatic N) is 1. The second-order valence-corrected chi connectivity index (χ2v) is 5.06. The summed E-state index contributed by atoms with van der Waals surface area (Å²) in [7, 11) is 3.83. The first-order chi connectivity index (χ1) is 9.24. The maximum atomic E-state index is 9.24. The second kappa shape index (κ2) is 6.89. The number of hydrogen-bond acceptors (Lipinski definition) is 4. The van der Waals surface area contributed by atoms with Crippen molar-refractivity contribution in [3.63, 3.8) is 0 Å².